The first-order valence-corrected chi connectivity index (χ1v) is 7.87. The van der Waals surface area contributed by atoms with E-state index in [1.54, 1.807) is 19.2 Å². The fourth-order valence-electron chi connectivity index (χ4n) is 2.09. The van der Waals surface area contributed by atoms with Crippen molar-refractivity contribution in [2.45, 2.75) is 13.0 Å². The van der Waals surface area contributed by atoms with E-state index in [1.807, 2.05) is 38.4 Å². The highest BCUT2D eigenvalue weighted by molar-refractivity contribution is 5.91. The number of carbonyl (C=O) groups is 1. The van der Waals surface area contributed by atoms with Crippen molar-refractivity contribution in [2.75, 3.05) is 34.3 Å². The minimum absolute atomic E-state index is 0.204. The van der Waals surface area contributed by atoms with Crippen LogP contribution in [0.15, 0.2) is 40.8 Å². The van der Waals surface area contributed by atoms with Crippen molar-refractivity contribution in [3.63, 3.8) is 0 Å². The molecule has 130 valence electrons. The SMILES string of the molecule is COc1ccc(OCc2ccc(C(=O)NCCCN(C)C)o2)cc1. The summed E-state index contributed by atoms with van der Waals surface area (Å²) < 4.78 is 16.2. The quantitative estimate of drug-likeness (QED) is 0.715. The van der Waals surface area contributed by atoms with E-state index in [2.05, 4.69) is 10.2 Å². The van der Waals surface area contributed by atoms with Gasteiger partial charge in [0.15, 0.2) is 5.76 Å². The molecule has 0 fully saturated rings. The summed E-state index contributed by atoms with van der Waals surface area (Å²) in [7, 11) is 5.62. The van der Waals surface area contributed by atoms with Crippen molar-refractivity contribution in [3.05, 3.63) is 47.9 Å². The normalized spacial score (nSPS) is 10.7. The van der Waals surface area contributed by atoms with Crippen molar-refractivity contribution in [2.24, 2.45) is 0 Å². The molecule has 1 amide bonds. The van der Waals surface area contributed by atoms with Gasteiger partial charge in [-0.05, 0) is 63.5 Å². The van der Waals surface area contributed by atoms with Crippen LogP contribution >= 0.6 is 0 Å². The molecule has 24 heavy (non-hydrogen) atoms. The molecule has 6 nitrogen and oxygen atoms in total. The molecule has 2 aromatic rings. The molecule has 0 saturated heterocycles. The number of hydrogen-bond acceptors (Lipinski definition) is 5. The molecule has 6 heteroatoms. The highest BCUT2D eigenvalue weighted by Gasteiger charge is 2.11. The second kappa shape index (κ2) is 8.98. The van der Waals surface area contributed by atoms with Crippen molar-refractivity contribution < 1.29 is 18.7 Å². The lowest BCUT2D eigenvalue weighted by Crippen LogP contribution is -2.26. The van der Waals surface area contributed by atoms with Gasteiger partial charge in [-0.25, -0.2) is 0 Å². The molecule has 0 atom stereocenters. The summed E-state index contributed by atoms with van der Waals surface area (Å²) in [5.74, 6) is 2.18. The monoisotopic (exact) mass is 332 g/mol. The number of amides is 1. The van der Waals surface area contributed by atoms with Gasteiger partial charge < -0.3 is 24.1 Å². The molecule has 0 aliphatic rings. The number of nitrogens with zero attached hydrogens (tertiary/aromatic N) is 1. The van der Waals surface area contributed by atoms with Gasteiger partial charge >= 0.3 is 0 Å². The third-order valence-electron chi connectivity index (χ3n) is 3.39. The minimum atomic E-state index is -0.204. The number of carbonyl (C=O) groups excluding carboxylic acids is 1. The fourth-order valence-corrected chi connectivity index (χ4v) is 2.09. The Labute approximate surface area is 142 Å². The third kappa shape index (κ3) is 5.62. The van der Waals surface area contributed by atoms with Gasteiger partial charge in [0, 0.05) is 6.54 Å². The van der Waals surface area contributed by atoms with E-state index in [1.165, 1.54) is 0 Å². The van der Waals surface area contributed by atoms with Crippen LogP contribution in [0.4, 0.5) is 0 Å². The molecular formula is C18H24N2O4. The number of benzene rings is 1. The molecule has 0 aliphatic carbocycles. The Balaban J connectivity index is 1.78. The van der Waals surface area contributed by atoms with E-state index in [-0.39, 0.29) is 12.5 Å². The maximum Gasteiger partial charge on any atom is 0.286 e. The number of ether oxygens (including phenoxy) is 2. The lowest BCUT2D eigenvalue weighted by Gasteiger charge is -2.09. The Bertz CT molecular complexity index is 635. The molecular weight excluding hydrogens is 308 g/mol. The van der Waals surface area contributed by atoms with Crippen LogP contribution in [-0.4, -0.2) is 45.1 Å². The van der Waals surface area contributed by atoms with Crippen LogP contribution in [0.1, 0.15) is 22.7 Å². The predicted molar refractivity (Wildman–Crippen MR) is 91.5 cm³/mol. The highest BCUT2D eigenvalue weighted by atomic mass is 16.5. The Morgan fingerprint density at radius 3 is 2.50 bits per heavy atom. The maximum atomic E-state index is 12.0. The van der Waals surface area contributed by atoms with Crippen LogP contribution in [-0.2, 0) is 6.61 Å². The predicted octanol–water partition coefficient (Wildman–Crippen LogP) is 2.55. The number of hydrogen-bond donors (Lipinski definition) is 1. The molecule has 1 N–H and O–H groups in total. The van der Waals surface area contributed by atoms with Gasteiger partial charge in [-0.15, -0.1) is 0 Å². The highest BCUT2D eigenvalue weighted by Crippen LogP contribution is 2.18. The van der Waals surface area contributed by atoms with Gasteiger partial charge in [-0.3, -0.25) is 4.79 Å². The lowest BCUT2D eigenvalue weighted by molar-refractivity contribution is 0.0920. The number of nitrogens with one attached hydrogen (secondary N) is 1. The van der Waals surface area contributed by atoms with Crippen LogP contribution in [0.2, 0.25) is 0 Å². The average molecular weight is 332 g/mol. The lowest BCUT2D eigenvalue weighted by atomic mass is 10.3. The summed E-state index contributed by atoms with van der Waals surface area (Å²) in [6, 6.07) is 10.7. The van der Waals surface area contributed by atoms with Crippen molar-refractivity contribution in [1.82, 2.24) is 10.2 Å². The summed E-state index contributed by atoms with van der Waals surface area (Å²) in [4.78, 5) is 14.1. The van der Waals surface area contributed by atoms with Crippen molar-refractivity contribution >= 4 is 5.91 Å². The van der Waals surface area contributed by atoms with Crippen LogP contribution in [0, 0.1) is 0 Å². The molecule has 0 unspecified atom stereocenters. The van der Waals surface area contributed by atoms with Crippen molar-refractivity contribution in [3.8, 4) is 11.5 Å². The molecule has 0 bridgehead atoms. The summed E-state index contributed by atoms with van der Waals surface area (Å²) >= 11 is 0. The number of furan rings is 1. The topological polar surface area (TPSA) is 63.9 Å². The molecule has 0 radical (unpaired) electrons. The zero-order valence-corrected chi connectivity index (χ0v) is 14.4. The minimum Gasteiger partial charge on any atom is -0.497 e. The van der Waals surface area contributed by atoms with E-state index >= 15 is 0 Å². The Morgan fingerprint density at radius 1 is 1.12 bits per heavy atom. The Kier molecular flexibility index (Phi) is 6.69. The molecule has 1 aromatic heterocycles. The molecule has 0 saturated carbocycles. The van der Waals surface area contributed by atoms with Crippen LogP contribution < -0.4 is 14.8 Å². The van der Waals surface area contributed by atoms with Crippen molar-refractivity contribution in [1.29, 1.82) is 0 Å². The van der Waals surface area contributed by atoms with Gasteiger partial charge in [-0.1, -0.05) is 0 Å². The number of rotatable bonds is 9. The summed E-state index contributed by atoms with van der Waals surface area (Å²) in [5.41, 5.74) is 0. The zero-order chi connectivity index (χ0) is 17.4. The van der Waals surface area contributed by atoms with Gasteiger partial charge in [0.1, 0.15) is 23.9 Å². The summed E-state index contributed by atoms with van der Waals surface area (Å²) in [5, 5.41) is 2.84. The van der Waals surface area contributed by atoms with E-state index in [9.17, 15) is 4.79 Å². The summed E-state index contributed by atoms with van der Waals surface area (Å²) in [6.07, 6.45) is 0.896. The smallest absolute Gasteiger partial charge is 0.286 e. The first-order chi connectivity index (χ1) is 11.6. The second-order valence-electron chi connectivity index (χ2n) is 5.64. The van der Waals surface area contributed by atoms with E-state index in [0.717, 1.165) is 18.7 Å². The van der Waals surface area contributed by atoms with Gasteiger partial charge in [0.2, 0.25) is 0 Å². The Morgan fingerprint density at radius 2 is 1.83 bits per heavy atom. The largest absolute Gasteiger partial charge is 0.497 e. The summed E-state index contributed by atoms with van der Waals surface area (Å²) in [6.45, 7) is 1.81. The van der Waals surface area contributed by atoms with E-state index in [0.29, 0.717) is 23.8 Å². The Hall–Kier alpha value is -2.47. The van der Waals surface area contributed by atoms with Crippen LogP contribution in [0.3, 0.4) is 0 Å². The molecule has 1 heterocycles. The van der Waals surface area contributed by atoms with E-state index in [4.69, 9.17) is 13.9 Å². The van der Waals surface area contributed by atoms with Gasteiger partial charge in [-0.2, -0.15) is 0 Å². The first-order valence-electron chi connectivity index (χ1n) is 7.87. The van der Waals surface area contributed by atoms with Gasteiger partial charge in [0.05, 0.1) is 7.11 Å². The van der Waals surface area contributed by atoms with E-state index < -0.39 is 0 Å². The van der Waals surface area contributed by atoms with Crippen LogP contribution in [0.25, 0.3) is 0 Å². The maximum absolute atomic E-state index is 12.0. The molecule has 1 aromatic carbocycles. The standard InChI is InChI=1S/C18H24N2O4/c1-20(2)12-4-11-19-18(21)17-10-9-16(24-17)13-23-15-7-5-14(22-3)6-8-15/h5-10H,4,11-13H2,1-3H3,(H,19,21). The number of methoxy groups -OCH3 is 1. The molecule has 2 rings (SSSR count). The average Bonchev–Trinajstić information content (AvgIpc) is 3.06. The molecule has 0 spiro atoms. The fraction of sp³-hybridized carbons (Fsp3) is 0.389. The van der Waals surface area contributed by atoms with Gasteiger partial charge in [0.25, 0.3) is 5.91 Å². The first kappa shape index (κ1) is 17.9. The zero-order valence-electron chi connectivity index (χ0n) is 14.4. The molecule has 0 aliphatic heterocycles. The second-order valence-corrected chi connectivity index (χ2v) is 5.64. The van der Waals surface area contributed by atoms with Crippen LogP contribution in [0.5, 0.6) is 11.5 Å². The third-order valence-corrected chi connectivity index (χ3v) is 3.39.